The van der Waals surface area contributed by atoms with Crippen LogP contribution in [0.2, 0.25) is 0 Å². The largest absolute Gasteiger partial charge is 0.481 e. The fourth-order valence-electron chi connectivity index (χ4n) is 6.21. The zero-order chi connectivity index (χ0) is 48.4. The predicted octanol–water partition coefficient (Wildman–Crippen LogP) is 7.02. The van der Waals surface area contributed by atoms with E-state index in [1.807, 2.05) is 34.6 Å². The maximum Gasteiger partial charge on any atom is 0.472 e. The average Bonchev–Trinajstić information content (AvgIpc) is 3.69. The lowest BCUT2D eigenvalue weighted by atomic mass is 9.95. The Morgan fingerprint density at radius 1 is 1.09 bits per heavy atom. The fourth-order valence-corrected chi connectivity index (χ4v) is 9.90. The first-order chi connectivity index (χ1) is 29.8. The Morgan fingerprint density at radius 3 is 2.38 bits per heavy atom. The van der Waals surface area contributed by atoms with E-state index in [4.69, 9.17) is 25.0 Å². The molecule has 0 spiro atoms. The number of carboxylic acids is 1. The van der Waals surface area contributed by atoms with Gasteiger partial charge in [-0.05, 0) is 69.6 Å². The first kappa shape index (κ1) is 56.2. The molecule has 0 fully saturated rings. The van der Waals surface area contributed by atoms with Gasteiger partial charge in [-0.2, -0.15) is 0 Å². The summed E-state index contributed by atoms with van der Waals surface area (Å²) in [5, 5.41) is 17.3. The zero-order valence-corrected chi connectivity index (χ0v) is 41.1. The molecule has 22 heteroatoms. The van der Waals surface area contributed by atoms with Gasteiger partial charge in [0.1, 0.15) is 16.5 Å². The van der Waals surface area contributed by atoms with Crippen molar-refractivity contribution < 1.29 is 62.2 Å². The third-order valence-electron chi connectivity index (χ3n) is 9.88. The van der Waals surface area contributed by atoms with E-state index in [0.717, 1.165) is 16.9 Å². The number of nitrogens with one attached hydrogen (secondary N) is 2. The number of carbonyl (C=O) groups is 6. The van der Waals surface area contributed by atoms with Gasteiger partial charge in [0.2, 0.25) is 17.7 Å². The number of anilines is 1. The highest BCUT2D eigenvalue weighted by atomic mass is 33.1. The molecule has 0 bridgehead atoms. The molecule has 7 N–H and O–H groups in total. The van der Waals surface area contributed by atoms with E-state index in [-0.39, 0.29) is 90.1 Å². The molecule has 1 aromatic carbocycles. The maximum absolute atomic E-state index is 13.8. The number of rotatable bonds is 30. The molecule has 1 aromatic heterocycles. The number of aliphatic carboxylic acids is 1. The number of benzene rings is 1. The summed E-state index contributed by atoms with van der Waals surface area (Å²) in [6, 6.07) is 3.47. The van der Waals surface area contributed by atoms with Crippen molar-refractivity contribution in [1.82, 2.24) is 15.2 Å². The number of carbonyl (C=O) groups excluding carboxylic acids is 5. The number of esters is 1. The van der Waals surface area contributed by atoms with Gasteiger partial charge in [0.15, 0.2) is 12.9 Å². The van der Waals surface area contributed by atoms with Crippen LogP contribution in [-0.4, -0.2) is 96.8 Å². The summed E-state index contributed by atoms with van der Waals surface area (Å²) in [5.41, 5.74) is 6.76. The van der Waals surface area contributed by atoms with Gasteiger partial charge in [-0.3, -0.25) is 28.8 Å². The number of amides is 4. The lowest BCUT2D eigenvalue weighted by Crippen LogP contribution is -2.41. The van der Waals surface area contributed by atoms with Crippen LogP contribution in [0.3, 0.4) is 0 Å². The van der Waals surface area contributed by atoms with Crippen LogP contribution < -0.4 is 21.1 Å². The summed E-state index contributed by atoms with van der Waals surface area (Å²) in [6.07, 6.45) is 1.74. The average molecular weight is 974 g/mol. The molecule has 0 aliphatic heterocycles. The van der Waals surface area contributed by atoms with Crippen LogP contribution in [0.25, 0.3) is 0 Å². The van der Waals surface area contributed by atoms with Gasteiger partial charge in [-0.15, -0.1) is 11.3 Å². The van der Waals surface area contributed by atoms with Gasteiger partial charge in [-0.1, -0.05) is 67.5 Å². The van der Waals surface area contributed by atoms with E-state index in [1.165, 1.54) is 25.3 Å². The maximum atomic E-state index is 13.8. The lowest BCUT2D eigenvalue weighted by molar-refractivity contribution is -0.148. The Balaban J connectivity index is 2.33. The van der Waals surface area contributed by atoms with Gasteiger partial charge >= 0.3 is 19.8 Å². The number of phosphoric acid groups is 1. The molecule has 0 radical (unpaired) electrons. The van der Waals surface area contributed by atoms with E-state index < -0.39 is 50.5 Å². The SMILES string of the molecule is C=C(CC)CC(=O)N(C)[C@H](C[C@@H](OC(C)=O)c1nc(C(=O)N[C@@H](Cc2ccc(OCOP(=O)(O)O)c(NC(=O)CCCSSC(C)(C)CCC(N)=O)c2)CC(C)C(=O)O)cs1)C(C)C. The quantitative estimate of drug-likeness (QED) is 0.0115. The van der Waals surface area contributed by atoms with Crippen LogP contribution in [0.5, 0.6) is 5.75 Å². The normalized spacial score (nSPS) is 13.6. The standard InChI is InChI=1S/C42H64N5O13PS3/c1-10-26(4)18-38(51)47(9)33(25(2)3)22-35(60-28(6)48)40-46-32(23-62-40)39(52)44-30(19-27(5)41(53)54)20-29-13-14-34(58-24-59-61(55,56)57)31(21-29)45-37(50)12-11-17-63-64-42(7,8)16-15-36(43)49/h13-14,21,23,25,27,30,33,35H,4,10-12,15-20,22,24H2,1-3,5-9H3,(H2,43,49)(H,44,52)(H,45,50)(H,53,54)(H2,55,56,57)/t27?,30-,33-,35-/m1/s1. The van der Waals surface area contributed by atoms with Crippen LogP contribution >= 0.6 is 40.7 Å². The molecule has 0 aliphatic carbocycles. The number of hydrogen-bond acceptors (Lipinski definition) is 14. The Kier molecular flexibility index (Phi) is 23.6. The Labute approximate surface area is 387 Å². The molecule has 18 nitrogen and oxygen atoms in total. The van der Waals surface area contributed by atoms with E-state index in [1.54, 1.807) is 45.7 Å². The minimum atomic E-state index is -4.88. The minimum absolute atomic E-state index is 0.000108. The minimum Gasteiger partial charge on any atom is -0.481 e. The van der Waals surface area contributed by atoms with Crippen LogP contribution in [0.1, 0.15) is 127 Å². The number of carboxylic acid groups (broad SMARTS) is 1. The Bertz CT molecular complexity index is 1970. The third kappa shape index (κ3) is 21.3. The monoisotopic (exact) mass is 973 g/mol. The van der Waals surface area contributed by atoms with Crippen LogP contribution in [0.15, 0.2) is 35.7 Å². The predicted molar refractivity (Wildman–Crippen MR) is 249 cm³/mol. The topological polar surface area (TPSA) is 274 Å². The summed E-state index contributed by atoms with van der Waals surface area (Å²) in [5.74, 6) is -3.42. The van der Waals surface area contributed by atoms with E-state index in [2.05, 4.69) is 26.7 Å². The number of nitrogens with zero attached hydrogens (tertiary/aromatic N) is 2. The highest BCUT2D eigenvalue weighted by Gasteiger charge is 2.31. The molecule has 2 aromatic rings. The number of hydrogen-bond donors (Lipinski definition) is 6. The molecule has 0 saturated carbocycles. The molecule has 0 aliphatic rings. The first-order valence-corrected chi connectivity index (χ1v) is 25.5. The van der Waals surface area contributed by atoms with Crippen LogP contribution in [0, 0.1) is 11.8 Å². The summed E-state index contributed by atoms with van der Waals surface area (Å²) >= 11 is 1.10. The van der Waals surface area contributed by atoms with Crippen LogP contribution in [-0.2, 0) is 44.2 Å². The number of ether oxygens (including phenoxy) is 2. The van der Waals surface area contributed by atoms with Crippen molar-refractivity contribution in [2.45, 2.75) is 129 Å². The first-order valence-electron chi connectivity index (χ1n) is 20.7. The third-order valence-corrected chi connectivity index (χ3v) is 14.7. The molecule has 1 unspecified atom stereocenters. The molecular weight excluding hydrogens is 910 g/mol. The summed E-state index contributed by atoms with van der Waals surface area (Å²) in [7, 11) is -0.0334. The van der Waals surface area contributed by atoms with Crippen molar-refractivity contribution in [1.29, 1.82) is 0 Å². The number of nitrogens with two attached hydrogens (primary N) is 1. The number of thiazole rings is 1. The second kappa shape index (κ2) is 26.9. The van der Waals surface area contributed by atoms with Crippen molar-refractivity contribution in [2.75, 3.05) is 24.9 Å². The highest BCUT2D eigenvalue weighted by molar-refractivity contribution is 8.77. The van der Waals surface area contributed by atoms with Crippen molar-refractivity contribution in [3.8, 4) is 5.75 Å². The smallest absolute Gasteiger partial charge is 0.472 e. The zero-order valence-electron chi connectivity index (χ0n) is 37.7. The van der Waals surface area contributed by atoms with Gasteiger partial charge in [0.25, 0.3) is 5.91 Å². The fraction of sp³-hybridized carbons (Fsp3) is 0.595. The molecule has 4 amide bonds. The highest BCUT2D eigenvalue weighted by Crippen LogP contribution is 2.40. The second-order valence-corrected chi connectivity index (χ2v) is 21.6. The van der Waals surface area contributed by atoms with Crippen molar-refractivity contribution in [2.24, 2.45) is 17.6 Å². The number of primary amides is 1. The van der Waals surface area contributed by atoms with E-state index in [9.17, 15) is 38.4 Å². The second-order valence-electron chi connectivity index (χ2n) is 16.3. The van der Waals surface area contributed by atoms with Crippen molar-refractivity contribution in [3.63, 3.8) is 0 Å². The van der Waals surface area contributed by atoms with Gasteiger partial charge in [0, 0.05) is 67.6 Å². The van der Waals surface area contributed by atoms with E-state index in [0.29, 0.717) is 35.6 Å². The summed E-state index contributed by atoms with van der Waals surface area (Å²) in [6.45, 7) is 15.7. The molecule has 358 valence electrons. The lowest BCUT2D eigenvalue weighted by Gasteiger charge is -2.33. The molecule has 64 heavy (non-hydrogen) atoms. The van der Waals surface area contributed by atoms with Gasteiger partial charge in [-0.25, -0.2) is 14.1 Å². The van der Waals surface area contributed by atoms with Crippen molar-refractivity contribution >= 4 is 82.0 Å². The molecular formula is C42H64N5O13PS3. The Morgan fingerprint density at radius 2 is 1.78 bits per heavy atom. The molecule has 2 rings (SSSR count). The van der Waals surface area contributed by atoms with Gasteiger partial charge in [0.05, 0.1) is 11.6 Å². The van der Waals surface area contributed by atoms with Crippen LogP contribution in [0.4, 0.5) is 5.69 Å². The van der Waals surface area contributed by atoms with Crippen molar-refractivity contribution in [3.05, 3.63) is 52.0 Å². The molecule has 1 heterocycles. The van der Waals surface area contributed by atoms with E-state index >= 15 is 0 Å². The van der Waals surface area contributed by atoms with Gasteiger partial charge < -0.3 is 45.6 Å². The summed E-state index contributed by atoms with van der Waals surface area (Å²) < 4.78 is 26.7. The molecule has 4 atom stereocenters. The molecule has 0 saturated heterocycles. The number of phosphoric ester groups is 1. The summed E-state index contributed by atoms with van der Waals surface area (Å²) in [4.78, 5) is 99.9. The Hall–Kier alpha value is -3.98. The number of aromatic nitrogens is 1.